The van der Waals surface area contributed by atoms with Crippen molar-refractivity contribution in [2.24, 2.45) is 5.92 Å². The molecule has 2 rings (SSSR count). The van der Waals surface area contributed by atoms with Gasteiger partial charge in [-0.1, -0.05) is 70.0 Å². The van der Waals surface area contributed by atoms with E-state index in [0.29, 0.717) is 27.9 Å². The molecule has 0 saturated heterocycles. The van der Waals surface area contributed by atoms with Gasteiger partial charge in [0.25, 0.3) is 5.91 Å². The second-order valence-electron chi connectivity index (χ2n) is 9.72. The first kappa shape index (κ1) is 28.5. The summed E-state index contributed by atoms with van der Waals surface area (Å²) in [5.41, 5.74) is 1.71. The summed E-state index contributed by atoms with van der Waals surface area (Å²) >= 11 is 16.2. The lowest BCUT2D eigenvalue weighted by atomic mass is 9.87. The third kappa shape index (κ3) is 7.89. The van der Waals surface area contributed by atoms with Gasteiger partial charge in [-0.15, -0.1) is 0 Å². The number of amides is 2. The zero-order chi connectivity index (χ0) is 25.6. The van der Waals surface area contributed by atoms with Crippen molar-refractivity contribution in [3.05, 3.63) is 62.0 Å². The molecule has 1 N–H and O–H groups in total. The van der Waals surface area contributed by atoms with E-state index in [4.69, 9.17) is 27.9 Å². The lowest BCUT2D eigenvalue weighted by molar-refractivity contribution is -0.142. The molecule has 0 heterocycles. The Morgan fingerprint density at radius 1 is 1.09 bits per heavy atom. The van der Waals surface area contributed by atoms with E-state index < -0.39 is 6.04 Å². The fraction of sp³-hybridized carbons (Fsp3) is 0.462. The highest BCUT2D eigenvalue weighted by atomic mass is 79.9. The average molecular weight is 572 g/mol. The molecule has 2 aromatic rings. The van der Waals surface area contributed by atoms with Gasteiger partial charge in [-0.2, -0.15) is 0 Å². The van der Waals surface area contributed by atoms with Gasteiger partial charge in [0.1, 0.15) is 11.8 Å². The number of halogens is 3. The molecule has 0 spiro atoms. The summed E-state index contributed by atoms with van der Waals surface area (Å²) in [5, 5.41) is 3.75. The van der Waals surface area contributed by atoms with Gasteiger partial charge in [-0.25, -0.2) is 0 Å². The van der Waals surface area contributed by atoms with Crippen molar-refractivity contribution < 1.29 is 14.3 Å². The number of carbonyl (C=O) groups is 2. The highest BCUT2D eigenvalue weighted by Gasteiger charge is 2.28. The van der Waals surface area contributed by atoms with E-state index in [9.17, 15) is 9.59 Å². The highest BCUT2D eigenvalue weighted by molar-refractivity contribution is 9.10. The summed E-state index contributed by atoms with van der Waals surface area (Å²) in [6, 6.07) is 10.2. The molecule has 0 aromatic heterocycles. The first-order chi connectivity index (χ1) is 15.8. The summed E-state index contributed by atoms with van der Waals surface area (Å²) in [4.78, 5) is 27.5. The molecule has 2 amide bonds. The Balaban J connectivity index is 2.24. The van der Waals surface area contributed by atoms with Crippen LogP contribution in [0.25, 0.3) is 0 Å². The van der Waals surface area contributed by atoms with Crippen molar-refractivity contribution in [3.8, 4) is 5.75 Å². The van der Waals surface area contributed by atoms with E-state index in [-0.39, 0.29) is 36.3 Å². The van der Waals surface area contributed by atoms with Crippen molar-refractivity contribution in [1.82, 2.24) is 10.2 Å². The SMILES string of the molecule is CC(C)CNC(=O)[C@H](C)N(Cc1c(Cl)cccc1Cl)C(=O)COc1ccc(C(C)(C)C)cc1Br. The zero-order valence-corrected chi connectivity index (χ0v) is 23.6. The van der Waals surface area contributed by atoms with Crippen molar-refractivity contribution in [1.29, 1.82) is 0 Å². The number of hydrogen-bond donors (Lipinski definition) is 1. The minimum atomic E-state index is -0.742. The number of nitrogens with one attached hydrogen (secondary N) is 1. The van der Waals surface area contributed by atoms with Crippen LogP contribution >= 0.6 is 39.1 Å². The van der Waals surface area contributed by atoms with Crippen molar-refractivity contribution in [3.63, 3.8) is 0 Å². The normalized spacial score (nSPS) is 12.4. The van der Waals surface area contributed by atoms with E-state index in [1.54, 1.807) is 25.1 Å². The van der Waals surface area contributed by atoms with Crippen LogP contribution in [0.4, 0.5) is 0 Å². The second-order valence-corrected chi connectivity index (χ2v) is 11.4. The Morgan fingerprint density at radius 3 is 2.24 bits per heavy atom. The first-order valence-electron chi connectivity index (χ1n) is 11.2. The smallest absolute Gasteiger partial charge is 0.261 e. The summed E-state index contributed by atoms with van der Waals surface area (Å²) in [6.45, 7) is 12.4. The maximum Gasteiger partial charge on any atom is 0.261 e. The minimum Gasteiger partial charge on any atom is -0.483 e. The molecule has 2 aromatic carbocycles. The molecule has 0 bridgehead atoms. The maximum absolute atomic E-state index is 13.3. The molecule has 1 atom stereocenters. The van der Waals surface area contributed by atoms with Gasteiger partial charge in [-0.3, -0.25) is 9.59 Å². The molecule has 0 unspecified atom stereocenters. The molecule has 0 fully saturated rings. The van der Waals surface area contributed by atoms with E-state index >= 15 is 0 Å². The Morgan fingerprint density at radius 2 is 1.71 bits per heavy atom. The molecule has 0 radical (unpaired) electrons. The van der Waals surface area contributed by atoms with Gasteiger partial charge < -0.3 is 15.0 Å². The first-order valence-corrected chi connectivity index (χ1v) is 12.8. The topological polar surface area (TPSA) is 58.6 Å². The number of carbonyl (C=O) groups excluding carboxylic acids is 2. The van der Waals surface area contributed by atoms with Gasteiger partial charge >= 0.3 is 0 Å². The Bertz CT molecular complexity index is 1000. The summed E-state index contributed by atoms with van der Waals surface area (Å²) < 4.78 is 6.60. The van der Waals surface area contributed by atoms with Crippen LogP contribution < -0.4 is 10.1 Å². The average Bonchev–Trinajstić information content (AvgIpc) is 2.75. The van der Waals surface area contributed by atoms with E-state index in [2.05, 4.69) is 42.0 Å². The molecule has 0 aliphatic heterocycles. The molecule has 0 aliphatic carbocycles. The second kappa shape index (κ2) is 12.3. The van der Waals surface area contributed by atoms with Gasteiger partial charge in [0.15, 0.2) is 6.61 Å². The van der Waals surface area contributed by atoms with Crippen LogP contribution in [0.3, 0.4) is 0 Å². The number of nitrogens with zero attached hydrogens (tertiary/aromatic N) is 1. The summed E-state index contributed by atoms with van der Waals surface area (Å²) in [7, 11) is 0. The van der Waals surface area contributed by atoms with Gasteiger partial charge in [0.2, 0.25) is 5.91 Å². The van der Waals surface area contributed by atoms with Crippen LogP contribution in [0.2, 0.25) is 10.0 Å². The third-order valence-corrected chi connectivity index (χ3v) is 6.72. The standard InChI is InChI=1S/C26H33BrCl2N2O3/c1-16(2)13-30-25(33)17(3)31(14-19-21(28)8-7-9-22(19)29)24(32)15-34-23-11-10-18(12-20(23)27)26(4,5)6/h7-12,16-17H,13-15H2,1-6H3,(H,30,33)/t17-/m0/s1. The Kier molecular flexibility index (Phi) is 10.3. The lowest BCUT2D eigenvalue weighted by Crippen LogP contribution is -2.49. The lowest BCUT2D eigenvalue weighted by Gasteiger charge is -2.29. The van der Waals surface area contributed by atoms with Crippen LogP contribution in [-0.2, 0) is 21.5 Å². The predicted molar refractivity (Wildman–Crippen MR) is 143 cm³/mol. The van der Waals surface area contributed by atoms with Crippen LogP contribution in [-0.4, -0.2) is 35.9 Å². The molecule has 5 nitrogen and oxygen atoms in total. The van der Waals surface area contributed by atoms with Crippen molar-refractivity contribution in [2.45, 2.75) is 59.5 Å². The Hall–Kier alpha value is -1.76. The number of hydrogen-bond acceptors (Lipinski definition) is 3. The fourth-order valence-corrected chi connectivity index (χ4v) is 4.21. The predicted octanol–water partition coefficient (Wildman–Crippen LogP) is 6.62. The quantitative estimate of drug-likeness (QED) is 0.368. The molecule has 186 valence electrons. The van der Waals surface area contributed by atoms with Crippen molar-refractivity contribution >= 4 is 50.9 Å². The monoisotopic (exact) mass is 570 g/mol. The van der Waals surface area contributed by atoms with Crippen LogP contribution in [0, 0.1) is 5.92 Å². The Labute approximate surface area is 221 Å². The number of ether oxygens (including phenoxy) is 1. The van der Waals surface area contributed by atoms with Crippen molar-refractivity contribution in [2.75, 3.05) is 13.2 Å². The number of benzene rings is 2. The minimum absolute atomic E-state index is 0.0132. The molecular weight excluding hydrogens is 539 g/mol. The largest absolute Gasteiger partial charge is 0.483 e. The van der Waals surface area contributed by atoms with Crippen LogP contribution in [0.5, 0.6) is 5.75 Å². The van der Waals surface area contributed by atoms with E-state index in [0.717, 1.165) is 10.0 Å². The molecule has 0 aliphatic rings. The van der Waals surface area contributed by atoms with Crippen LogP contribution in [0.1, 0.15) is 52.7 Å². The van der Waals surface area contributed by atoms with Gasteiger partial charge in [0, 0.05) is 28.7 Å². The number of rotatable bonds is 9. The van der Waals surface area contributed by atoms with Crippen LogP contribution in [0.15, 0.2) is 40.9 Å². The van der Waals surface area contributed by atoms with Gasteiger partial charge in [-0.05, 0) is 64.0 Å². The molecule has 0 saturated carbocycles. The maximum atomic E-state index is 13.3. The molecule has 34 heavy (non-hydrogen) atoms. The molecular formula is C26H33BrCl2N2O3. The molecule has 8 heteroatoms. The highest BCUT2D eigenvalue weighted by Crippen LogP contribution is 2.32. The summed E-state index contributed by atoms with van der Waals surface area (Å²) in [5.74, 6) is 0.236. The van der Waals surface area contributed by atoms with Gasteiger partial charge in [0.05, 0.1) is 4.47 Å². The van der Waals surface area contributed by atoms with E-state index in [1.165, 1.54) is 4.90 Å². The fourth-order valence-electron chi connectivity index (χ4n) is 3.20. The third-order valence-electron chi connectivity index (χ3n) is 5.39. The van der Waals surface area contributed by atoms with E-state index in [1.807, 2.05) is 32.0 Å². The summed E-state index contributed by atoms with van der Waals surface area (Å²) in [6.07, 6.45) is 0. The zero-order valence-electron chi connectivity index (χ0n) is 20.5.